The minimum absolute atomic E-state index is 0.119. The van der Waals surface area contributed by atoms with Gasteiger partial charge < -0.3 is 5.32 Å². The molecule has 1 amide bonds. The van der Waals surface area contributed by atoms with Crippen molar-refractivity contribution in [1.29, 1.82) is 0 Å². The van der Waals surface area contributed by atoms with Crippen molar-refractivity contribution in [2.75, 3.05) is 10.7 Å². The summed E-state index contributed by atoms with van der Waals surface area (Å²) in [6.45, 7) is 3.31. The topological polar surface area (TPSA) is 53.5 Å². The number of hydrogen-bond donors (Lipinski definition) is 2. The number of rotatable bonds is 4. The van der Waals surface area contributed by atoms with Gasteiger partial charge in [0.25, 0.3) is 0 Å². The zero-order chi connectivity index (χ0) is 15.2. The van der Waals surface area contributed by atoms with Crippen molar-refractivity contribution >= 4 is 23.0 Å². The summed E-state index contributed by atoms with van der Waals surface area (Å²) in [6, 6.07) is 13.3. The normalized spacial score (nSPS) is 11.1. The van der Waals surface area contributed by atoms with Crippen molar-refractivity contribution in [1.82, 2.24) is 0 Å². The molecular formula is C16H16FN3O. The first kappa shape index (κ1) is 14.7. The number of amides is 1. The van der Waals surface area contributed by atoms with Crippen LogP contribution in [0.1, 0.15) is 19.4 Å². The largest absolute Gasteiger partial charge is 0.326 e. The van der Waals surface area contributed by atoms with Gasteiger partial charge in [0, 0.05) is 12.6 Å². The smallest absolute Gasteiger partial charge is 0.221 e. The number of nitrogens with zero attached hydrogens (tertiary/aromatic N) is 1. The number of anilines is 2. The molecule has 0 aliphatic carbocycles. The van der Waals surface area contributed by atoms with Gasteiger partial charge in [0.15, 0.2) is 0 Å². The lowest BCUT2D eigenvalue weighted by Gasteiger charge is -2.06. The Bertz CT molecular complexity index is 665. The van der Waals surface area contributed by atoms with Crippen molar-refractivity contribution in [3.05, 3.63) is 59.9 Å². The summed E-state index contributed by atoms with van der Waals surface area (Å²) in [5.74, 6) is -0.407. The van der Waals surface area contributed by atoms with E-state index in [1.165, 1.54) is 19.1 Å². The van der Waals surface area contributed by atoms with E-state index in [1.54, 1.807) is 12.1 Å². The highest BCUT2D eigenvalue weighted by Crippen LogP contribution is 2.13. The predicted molar refractivity (Wildman–Crippen MR) is 83.0 cm³/mol. The van der Waals surface area contributed by atoms with Crippen molar-refractivity contribution in [2.45, 2.75) is 13.8 Å². The van der Waals surface area contributed by atoms with E-state index in [4.69, 9.17) is 0 Å². The van der Waals surface area contributed by atoms with E-state index >= 15 is 0 Å². The van der Waals surface area contributed by atoms with Gasteiger partial charge in [-0.05, 0) is 48.9 Å². The molecule has 0 bridgehead atoms. The van der Waals surface area contributed by atoms with Gasteiger partial charge in [0.2, 0.25) is 5.91 Å². The Morgan fingerprint density at radius 3 is 2.43 bits per heavy atom. The summed E-state index contributed by atoms with van der Waals surface area (Å²) in [4.78, 5) is 11.0. The van der Waals surface area contributed by atoms with E-state index in [0.717, 1.165) is 17.0 Å². The molecule has 5 heteroatoms. The van der Waals surface area contributed by atoms with Crippen molar-refractivity contribution in [2.24, 2.45) is 5.10 Å². The molecular weight excluding hydrogens is 269 g/mol. The lowest BCUT2D eigenvalue weighted by atomic mass is 10.1. The lowest BCUT2D eigenvalue weighted by molar-refractivity contribution is -0.114. The van der Waals surface area contributed by atoms with Crippen LogP contribution in [-0.4, -0.2) is 11.6 Å². The number of halogens is 1. The van der Waals surface area contributed by atoms with Gasteiger partial charge in [-0.3, -0.25) is 10.2 Å². The van der Waals surface area contributed by atoms with Crippen LogP contribution in [0.15, 0.2) is 53.6 Å². The number of hydrazone groups is 1. The fourth-order valence-corrected chi connectivity index (χ4v) is 1.76. The fraction of sp³-hybridized carbons (Fsp3) is 0.125. The number of nitrogens with one attached hydrogen (secondary N) is 2. The number of carbonyl (C=O) groups is 1. The molecule has 0 unspecified atom stereocenters. The molecule has 0 aromatic heterocycles. The number of benzene rings is 2. The Morgan fingerprint density at radius 2 is 1.76 bits per heavy atom. The molecule has 0 aliphatic rings. The summed E-state index contributed by atoms with van der Waals surface area (Å²) in [5, 5.41) is 6.97. The third-order valence-corrected chi connectivity index (χ3v) is 2.80. The molecule has 108 valence electrons. The summed E-state index contributed by atoms with van der Waals surface area (Å²) in [6.07, 6.45) is 0. The molecule has 0 aliphatic heterocycles. The summed E-state index contributed by atoms with van der Waals surface area (Å²) in [7, 11) is 0. The molecule has 2 aromatic carbocycles. The molecule has 2 aromatic rings. The molecule has 0 spiro atoms. The molecule has 4 nitrogen and oxygen atoms in total. The second-order valence-electron chi connectivity index (χ2n) is 4.58. The SMILES string of the molecule is CC(=O)Nc1cccc(/C(C)=N\Nc2ccc(F)cc2)c1. The van der Waals surface area contributed by atoms with Crippen LogP contribution < -0.4 is 10.7 Å². The maximum atomic E-state index is 12.8. The third-order valence-electron chi connectivity index (χ3n) is 2.80. The number of carbonyl (C=O) groups excluding carboxylic acids is 1. The average molecular weight is 285 g/mol. The van der Waals surface area contributed by atoms with Gasteiger partial charge in [-0.25, -0.2) is 4.39 Å². The molecule has 2 rings (SSSR count). The zero-order valence-corrected chi connectivity index (χ0v) is 11.9. The van der Waals surface area contributed by atoms with E-state index in [2.05, 4.69) is 15.8 Å². The second kappa shape index (κ2) is 6.65. The van der Waals surface area contributed by atoms with E-state index in [9.17, 15) is 9.18 Å². The first-order chi connectivity index (χ1) is 10.0. The average Bonchev–Trinajstić information content (AvgIpc) is 2.46. The molecule has 0 atom stereocenters. The van der Waals surface area contributed by atoms with Gasteiger partial charge in [-0.2, -0.15) is 5.10 Å². The quantitative estimate of drug-likeness (QED) is 0.666. The maximum Gasteiger partial charge on any atom is 0.221 e. The molecule has 0 fully saturated rings. The Balaban J connectivity index is 2.11. The van der Waals surface area contributed by atoms with E-state index < -0.39 is 0 Å². The standard InChI is InChI=1S/C16H16FN3O/c1-11(19-20-15-8-6-14(17)7-9-15)13-4-3-5-16(10-13)18-12(2)21/h3-10,20H,1-2H3,(H,18,21)/b19-11-. The highest BCUT2D eigenvalue weighted by molar-refractivity contribution is 6.00. The van der Waals surface area contributed by atoms with E-state index in [0.29, 0.717) is 5.69 Å². The predicted octanol–water partition coefficient (Wildman–Crippen LogP) is 3.62. The minimum Gasteiger partial charge on any atom is -0.326 e. The monoisotopic (exact) mass is 285 g/mol. The van der Waals surface area contributed by atoms with Crippen molar-refractivity contribution in [3.8, 4) is 0 Å². The maximum absolute atomic E-state index is 12.8. The Labute approximate surface area is 122 Å². The highest BCUT2D eigenvalue weighted by atomic mass is 19.1. The molecule has 0 heterocycles. The minimum atomic E-state index is -0.288. The van der Waals surface area contributed by atoms with Gasteiger partial charge >= 0.3 is 0 Å². The van der Waals surface area contributed by atoms with Crippen LogP contribution in [0, 0.1) is 5.82 Å². The highest BCUT2D eigenvalue weighted by Gasteiger charge is 2.01. The Morgan fingerprint density at radius 1 is 1.05 bits per heavy atom. The van der Waals surface area contributed by atoms with Crippen molar-refractivity contribution < 1.29 is 9.18 Å². The molecule has 21 heavy (non-hydrogen) atoms. The van der Waals surface area contributed by atoms with Gasteiger partial charge in [-0.15, -0.1) is 0 Å². The van der Waals surface area contributed by atoms with Gasteiger partial charge in [-0.1, -0.05) is 12.1 Å². The summed E-state index contributed by atoms with van der Waals surface area (Å²) >= 11 is 0. The van der Waals surface area contributed by atoms with E-state index in [-0.39, 0.29) is 11.7 Å². The van der Waals surface area contributed by atoms with Crippen LogP contribution in [0.4, 0.5) is 15.8 Å². The van der Waals surface area contributed by atoms with Crippen LogP contribution in [0.2, 0.25) is 0 Å². The van der Waals surface area contributed by atoms with Crippen LogP contribution >= 0.6 is 0 Å². The van der Waals surface area contributed by atoms with Crippen LogP contribution in [-0.2, 0) is 4.79 Å². The lowest BCUT2D eigenvalue weighted by Crippen LogP contribution is -2.07. The zero-order valence-electron chi connectivity index (χ0n) is 11.9. The Kier molecular flexibility index (Phi) is 4.66. The molecule has 0 radical (unpaired) electrons. The van der Waals surface area contributed by atoms with Crippen LogP contribution in [0.3, 0.4) is 0 Å². The van der Waals surface area contributed by atoms with Crippen molar-refractivity contribution in [3.63, 3.8) is 0 Å². The summed E-state index contributed by atoms with van der Waals surface area (Å²) in [5.41, 5.74) is 5.93. The van der Waals surface area contributed by atoms with Crippen LogP contribution in [0.25, 0.3) is 0 Å². The first-order valence-corrected chi connectivity index (χ1v) is 6.48. The third kappa shape index (κ3) is 4.42. The molecule has 0 saturated heterocycles. The fourth-order valence-electron chi connectivity index (χ4n) is 1.76. The first-order valence-electron chi connectivity index (χ1n) is 6.48. The van der Waals surface area contributed by atoms with Gasteiger partial charge in [0.1, 0.15) is 5.82 Å². The molecule has 0 saturated carbocycles. The Hall–Kier alpha value is -2.69. The molecule has 2 N–H and O–H groups in total. The number of hydrogen-bond acceptors (Lipinski definition) is 3. The second-order valence-corrected chi connectivity index (χ2v) is 4.58. The summed E-state index contributed by atoms with van der Waals surface area (Å²) < 4.78 is 12.8. The van der Waals surface area contributed by atoms with Crippen LogP contribution in [0.5, 0.6) is 0 Å². The van der Waals surface area contributed by atoms with Gasteiger partial charge in [0.05, 0.1) is 11.4 Å². The van der Waals surface area contributed by atoms with E-state index in [1.807, 2.05) is 31.2 Å².